The van der Waals surface area contributed by atoms with Crippen LogP contribution in [0.3, 0.4) is 0 Å². The molecule has 2 aromatic rings. The van der Waals surface area contributed by atoms with Crippen molar-refractivity contribution < 1.29 is 13.9 Å². The Morgan fingerprint density at radius 3 is 2.78 bits per heavy atom. The van der Waals surface area contributed by atoms with Crippen LogP contribution in [0.2, 0.25) is 0 Å². The first-order valence-corrected chi connectivity index (χ1v) is 7.28. The van der Waals surface area contributed by atoms with Crippen molar-refractivity contribution in [2.24, 2.45) is 0 Å². The van der Waals surface area contributed by atoms with E-state index in [1.165, 1.54) is 18.3 Å². The van der Waals surface area contributed by atoms with Crippen molar-refractivity contribution in [3.8, 4) is 5.75 Å². The first-order chi connectivity index (χ1) is 11.1. The standard InChI is InChI=1S/C16H17FN4O2/c1-10-3-4-11(17)5-14(10)23-12-8-21(9-12)15-7-19-13(6-20-15)16(22)18-2/h3-7,12H,8-9H2,1-2H3,(H,18,22). The van der Waals surface area contributed by atoms with Gasteiger partial charge in [-0.1, -0.05) is 6.07 Å². The van der Waals surface area contributed by atoms with E-state index in [1.807, 2.05) is 11.8 Å². The van der Waals surface area contributed by atoms with Gasteiger partial charge in [0.05, 0.1) is 25.5 Å². The summed E-state index contributed by atoms with van der Waals surface area (Å²) in [7, 11) is 1.55. The maximum atomic E-state index is 13.3. The van der Waals surface area contributed by atoms with E-state index in [2.05, 4.69) is 15.3 Å². The number of benzene rings is 1. The van der Waals surface area contributed by atoms with Crippen LogP contribution in [0.1, 0.15) is 16.1 Å². The minimum atomic E-state index is -0.308. The molecule has 2 heterocycles. The van der Waals surface area contributed by atoms with Gasteiger partial charge in [0.15, 0.2) is 0 Å². The smallest absolute Gasteiger partial charge is 0.271 e. The van der Waals surface area contributed by atoms with E-state index in [1.54, 1.807) is 19.3 Å². The van der Waals surface area contributed by atoms with Crippen LogP contribution in [0.5, 0.6) is 5.75 Å². The van der Waals surface area contributed by atoms with Crippen molar-refractivity contribution >= 4 is 11.7 Å². The zero-order valence-electron chi connectivity index (χ0n) is 12.9. The lowest BCUT2D eigenvalue weighted by Crippen LogP contribution is -2.54. The predicted octanol–water partition coefficient (Wildman–Crippen LogP) is 1.55. The van der Waals surface area contributed by atoms with Crippen LogP contribution in [-0.2, 0) is 0 Å². The summed E-state index contributed by atoms with van der Waals surface area (Å²) >= 11 is 0. The van der Waals surface area contributed by atoms with Gasteiger partial charge in [0.1, 0.15) is 29.2 Å². The molecule has 3 rings (SSSR count). The normalized spacial score (nSPS) is 14.3. The molecule has 6 nitrogen and oxygen atoms in total. The Hall–Kier alpha value is -2.70. The number of amides is 1. The van der Waals surface area contributed by atoms with Gasteiger partial charge in [-0.25, -0.2) is 14.4 Å². The van der Waals surface area contributed by atoms with Gasteiger partial charge in [0.2, 0.25) is 0 Å². The summed E-state index contributed by atoms with van der Waals surface area (Å²) in [5.74, 6) is 0.678. The van der Waals surface area contributed by atoms with Crippen LogP contribution in [0.25, 0.3) is 0 Å². The Morgan fingerprint density at radius 1 is 1.35 bits per heavy atom. The van der Waals surface area contributed by atoms with Gasteiger partial charge < -0.3 is 15.0 Å². The van der Waals surface area contributed by atoms with Crippen molar-refractivity contribution in [3.05, 3.63) is 47.7 Å². The Labute approximate surface area is 133 Å². The van der Waals surface area contributed by atoms with Gasteiger partial charge >= 0.3 is 0 Å². The van der Waals surface area contributed by atoms with Crippen LogP contribution in [0, 0.1) is 12.7 Å². The number of anilines is 1. The van der Waals surface area contributed by atoms with Crippen LogP contribution >= 0.6 is 0 Å². The molecule has 1 amide bonds. The van der Waals surface area contributed by atoms with Crippen molar-refractivity contribution in [2.75, 3.05) is 25.0 Å². The number of hydrogen-bond donors (Lipinski definition) is 1. The zero-order chi connectivity index (χ0) is 16.4. The van der Waals surface area contributed by atoms with E-state index in [4.69, 9.17) is 4.74 Å². The molecule has 0 bridgehead atoms. The number of aromatic nitrogens is 2. The predicted molar refractivity (Wildman–Crippen MR) is 83.2 cm³/mol. The van der Waals surface area contributed by atoms with Gasteiger partial charge in [-0.05, 0) is 18.6 Å². The highest BCUT2D eigenvalue weighted by Gasteiger charge is 2.30. The largest absolute Gasteiger partial charge is 0.486 e. The summed E-state index contributed by atoms with van der Waals surface area (Å²) in [5, 5.41) is 2.50. The molecule has 7 heteroatoms. The van der Waals surface area contributed by atoms with Gasteiger partial charge in [0, 0.05) is 13.1 Å². The van der Waals surface area contributed by atoms with Crippen molar-refractivity contribution in [1.29, 1.82) is 0 Å². The van der Waals surface area contributed by atoms with E-state index in [-0.39, 0.29) is 23.5 Å². The monoisotopic (exact) mass is 316 g/mol. The molecule has 1 aromatic heterocycles. The maximum absolute atomic E-state index is 13.3. The highest BCUT2D eigenvalue weighted by atomic mass is 19.1. The first-order valence-electron chi connectivity index (χ1n) is 7.28. The Morgan fingerprint density at radius 2 is 2.13 bits per heavy atom. The van der Waals surface area contributed by atoms with Gasteiger partial charge in [-0.3, -0.25) is 4.79 Å². The second kappa shape index (κ2) is 6.20. The summed E-state index contributed by atoms with van der Waals surface area (Å²) in [6.07, 6.45) is 2.99. The fourth-order valence-electron chi connectivity index (χ4n) is 2.31. The lowest BCUT2D eigenvalue weighted by molar-refractivity contribution is 0.0957. The fourth-order valence-corrected chi connectivity index (χ4v) is 2.31. The quantitative estimate of drug-likeness (QED) is 0.927. The van der Waals surface area contributed by atoms with Crippen LogP contribution in [0.15, 0.2) is 30.6 Å². The number of carbonyl (C=O) groups is 1. The molecule has 0 aliphatic carbocycles. The number of aryl methyl sites for hydroxylation is 1. The summed E-state index contributed by atoms with van der Waals surface area (Å²) in [4.78, 5) is 21.7. The molecule has 1 aromatic carbocycles. The molecule has 23 heavy (non-hydrogen) atoms. The Bertz CT molecular complexity index is 715. The van der Waals surface area contributed by atoms with E-state index in [9.17, 15) is 9.18 Å². The molecule has 0 atom stereocenters. The molecule has 0 unspecified atom stereocenters. The maximum Gasteiger partial charge on any atom is 0.271 e. The molecular formula is C16H17FN4O2. The number of ether oxygens (including phenoxy) is 1. The topological polar surface area (TPSA) is 67.4 Å². The Kier molecular flexibility index (Phi) is 4.10. The van der Waals surface area contributed by atoms with E-state index >= 15 is 0 Å². The number of rotatable bonds is 4. The second-order valence-electron chi connectivity index (χ2n) is 5.39. The van der Waals surface area contributed by atoms with Gasteiger partial charge in [-0.15, -0.1) is 0 Å². The molecule has 0 saturated carbocycles. The minimum Gasteiger partial charge on any atom is -0.486 e. The second-order valence-corrected chi connectivity index (χ2v) is 5.39. The van der Waals surface area contributed by atoms with Gasteiger partial charge in [-0.2, -0.15) is 0 Å². The molecule has 0 radical (unpaired) electrons. The molecule has 1 aliphatic rings. The number of nitrogens with zero attached hydrogens (tertiary/aromatic N) is 3. The number of carbonyl (C=O) groups excluding carboxylic acids is 1. The van der Waals surface area contributed by atoms with Crippen molar-refractivity contribution in [3.63, 3.8) is 0 Å². The lowest BCUT2D eigenvalue weighted by Gasteiger charge is -2.39. The summed E-state index contributed by atoms with van der Waals surface area (Å²) < 4.78 is 19.1. The molecule has 1 saturated heterocycles. The third kappa shape index (κ3) is 3.23. The number of nitrogens with one attached hydrogen (secondary N) is 1. The van der Waals surface area contributed by atoms with Crippen LogP contribution < -0.4 is 15.0 Å². The molecule has 1 N–H and O–H groups in total. The number of halogens is 1. The number of hydrogen-bond acceptors (Lipinski definition) is 5. The molecule has 0 spiro atoms. The van der Waals surface area contributed by atoms with Gasteiger partial charge in [0.25, 0.3) is 5.91 Å². The zero-order valence-corrected chi connectivity index (χ0v) is 12.9. The van der Waals surface area contributed by atoms with E-state index in [0.29, 0.717) is 24.7 Å². The third-order valence-corrected chi connectivity index (χ3v) is 3.71. The first kappa shape index (κ1) is 15.2. The highest BCUT2D eigenvalue weighted by Crippen LogP contribution is 2.25. The molecule has 1 fully saturated rings. The van der Waals surface area contributed by atoms with E-state index in [0.717, 1.165) is 5.56 Å². The summed E-state index contributed by atoms with van der Waals surface area (Å²) in [6.45, 7) is 3.17. The van der Waals surface area contributed by atoms with Crippen molar-refractivity contribution in [2.45, 2.75) is 13.0 Å². The third-order valence-electron chi connectivity index (χ3n) is 3.71. The van der Waals surface area contributed by atoms with Crippen LogP contribution in [-0.4, -0.2) is 42.1 Å². The van der Waals surface area contributed by atoms with Crippen molar-refractivity contribution in [1.82, 2.24) is 15.3 Å². The van der Waals surface area contributed by atoms with E-state index < -0.39 is 0 Å². The molecule has 120 valence electrons. The fraction of sp³-hybridized carbons (Fsp3) is 0.312. The van der Waals surface area contributed by atoms with Crippen LogP contribution in [0.4, 0.5) is 10.2 Å². The average Bonchev–Trinajstić information content (AvgIpc) is 2.53. The minimum absolute atomic E-state index is 0.0177. The summed E-state index contributed by atoms with van der Waals surface area (Å²) in [6, 6.07) is 4.51. The lowest BCUT2D eigenvalue weighted by atomic mass is 10.1. The molecule has 1 aliphatic heterocycles. The SMILES string of the molecule is CNC(=O)c1cnc(N2CC(Oc3cc(F)ccc3C)C2)cn1. The highest BCUT2D eigenvalue weighted by molar-refractivity contribution is 5.91. The average molecular weight is 316 g/mol. The Balaban J connectivity index is 1.58. The summed E-state index contributed by atoms with van der Waals surface area (Å²) in [5.41, 5.74) is 1.18. The molecular weight excluding hydrogens is 299 g/mol.